The van der Waals surface area contributed by atoms with Crippen LogP contribution in [-0.4, -0.2) is 24.3 Å². The minimum atomic E-state index is -0.995. The van der Waals surface area contributed by atoms with Crippen LogP contribution in [0.1, 0.15) is 6.92 Å². The standard InChI is InChI=1S/C4H8O3.H3N/c1-3(5)4(6)7-2;/h3,5H,1-2H3;1H3. The molecule has 0 spiro atoms. The van der Waals surface area contributed by atoms with E-state index in [4.69, 9.17) is 5.11 Å². The van der Waals surface area contributed by atoms with Crippen LogP contribution in [0.5, 0.6) is 0 Å². The molecule has 0 saturated heterocycles. The van der Waals surface area contributed by atoms with Gasteiger partial charge in [-0.15, -0.1) is 0 Å². The van der Waals surface area contributed by atoms with Gasteiger partial charge in [0.25, 0.3) is 0 Å². The van der Waals surface area contributed by atoms with Gasteiger partial charge in [0.15, 0.2) is 0 Å². The summed E-state index contributed by atoms with van der Waals surface area (Å²) in [5.41, 5.74) is 0. The molecule has 1 unspecified atom stereocenters. The number of methoxy groups -OCH3 is 1. The smallest absolute Gasteiger partial charge is 0.334 e. The fraction of sp³-hybridized carbons (Fsp3) is 0.750. The number of hydrogen-bond donors (Lipinski definition) is 2. The normalized spacial score (nSPS) is 11.4. The van der Waals surface area contributed by atoms with Gasteiger partial charge >= 0.3 is 5.97 Å². The van der Waals surface area contributed by atoms with Crippen molar-refractivity contribution in [1.29, 1.82) is 0 Å². The van der Waals surface area contributed by atoms with E-state index in [0.29, 0.717) is 0 Å². The molecule has 4 nitrogen and oxygen atoms in total. The average Bonchev–Trinajstić information content (AvgIpc) is 1.65. The maximum absolute atomic E-state index is 10.0. The highest BCUT2D eigenvalue weighted by Crippen LogP contribution is 1.80. The van der Waals surface area contributed by atoms with Crippen molar-refractivity contribution in [2.75, 3.05) is 7.11 Å². The summed E-state index contributed by atoms with van der Waals surface area (Å²) in [7, 11) is 1.23. The number of carbonyl (C=O) groups excluding carboxylic acids is 1. The summed E-state index contributed by atoms with van der Waals surface area (Å²) >= 11 is 0. The SMILES string of the molecule is COC(=O)C(C)O.N. The van der Waals surface area contributed by atoms with Gasteiger partial charge in [0.1, 0.15) is 6.10 Å². The predicted molar refractivity (Wildman–Crippen MR) is 28.7 cm³/mol. The number of ether oxygens (including phenoxy) is 1. The molecule has 50 valence electrons. The summed E-state index contributed by atoms with van der Waals surface area (Å²) in [5, 5.41) is 8.35. The Morgan fingerprint density at radius 3 is 2.12 bits per heavy atom. The van der Waals surface area contributed by atoms with E-state index in [2.05, 4.69) is 4.74 Å². The lowest BCUT2D eigenvalue weighted by Crippen LogP contribution is -2.16. The van der Waals surface area contributed by atoms with Crippen molar-refractivity contribution >= 4 is 5.97 Å². The van der Waals surface area contributed by atoms with Crippen molar-refractivity contribution in [2.24, 2.45) is 0 Å². The lowest BCUT2D eigenvalue weighted by atomic mass is 10.4. The number of hydrogen-bond acceptors (Lipinski definition) is 4. The monoisotopic (exact) mass is 121 g/mol. The average molecular weight is 121 g/mol. The third-order valence-corrected chi connectivity index (χ3v) is 0.542. The third-order valence-electron chi connectivity index (χ3n) is 0.542. The first-order valence-electron chi connectivity index (χ1n) is 1.94. The molecule has 0 radical (unpaired) electrons. The second kappa shape index (κ2) is 4.55. The van der Waals surface area contributed by atoms with Gasteiger partial charge in [-0.3, -0.25) is 0 Å². The van der Waals surface area contributed by atoms with Crippen LogP contribution in [0.4, 0.5) is 0 Å². The minimum Gasteiger partial charge on any atom is -0.467 e. The highest BCUT2D eigenvalue weighted by atomic mass is 16.5. The first-order valence-corrected chi connectivity index (χ1v) is 1.94. The van der Waals surface area contributed by atoms with Gasteiger partial charge < -0.3 is 16.0 Å². The van der Waals surface area contributed by atoms with Crippen molar-refractivity contribution in [2.45, 2.75) is 13.0 Å². The maximum Gasteiger partial charge on any atom is 0.334 e. The highest BCUT2D eigenvalue weighted by molar-refractivity contribution is 5.73. The van der Waals surface area contributed by atoms with Crippen LogP contribution in [0.15, 0.2) is 0 Å². The van der Waals surface area contributed by atoms with Crippen LogP contribution < -0.4 is 6.15 Å². The molecule has 1 atom stereocenters. The molecular weight excluding hydrogens is 110 g/mol. The van der Waals surface area contributed by atoms with E-state index in [1.165, 1.54) is 14.0 Å². The minimum absolute atomic E-state index is 0. The number of esters is 1. The molecule has 0 aromatic carbocycles. The molecule has 0 aliphatic carbocycles. The van der Waals surface area contributed by atoms with Gasteiger partial charge in [-0.2, -0.15) is 0 Å². The topological polar surface area (TPSA) is 81.5 Å². The second-order valence-corrected chi connectivity index (χ2v) is 1.20. The zero-order chi connectivity index (χ0) is 5.86. The Morgan fingerprint density at radius 1 is 1.75 bits per heavy atom. The Labute approximate surface area is 48.0 Å². The molecule has 4 heteroatoms. The van der Waals surface area contributed by atoms with Crippen molar-refractivity contribution in [3.63, 3.8) is 0 Å². The summed E-state index contributed by atoms with van der Waals surface area (Å²) < 4.78 is 4.12. The van der Waals surface area contributed by atoms with Crippen molar-refractivity contribution in [3.05, 3.63) is 0 Å². The van der Waals surface area contributed by atoms with Crippen LogP contribution >= 0.6 is 0 Å². The molecule has 0 bridgehead atoms. The van der Waals surface area contributed by atoms with E-state index in [1.807, 2.05) is 0 Å². The molecule has 0 aromatic rings. The number of aliphatic hydroxyl groups is 1. The van der Waals surface area contributed by atoms with Gasteiger partial charge in [0, 0.05) is 0 Å². The van der Waals surface area contributed by atoms with Crippen molar-refractivity contribution < 1.29 is 14.6 Å². The zero-order valence-electron chi connectivity index (χ0n) is 5.05. The molecule has 0 rings (SSSR count). The van der Waals surface area contributed by atoms with Crippen LogP contribution in [-0.2, 0) is 9.53 Å². The third kappa shape index (κ3) is 3.58. The van der Waals surface area contributed by atoms with Crippen LogP contribution in [0, 0.1) is 0 Å². The van der Waals surface area contributed by atoms with Gasteiger partial charge in [-0.05, 0) is 6.92 Å². The number of aliphatic hydroxyl groups excluding tert-OH is 1. The Kier molecular flexibility index (Phi) is 5.90. The second-order valence-electron chi connectivity index (χ2n) is 1.20. The zero-order valence-corrected chi connectivity index (χ0v) is 5.05. The molecule has 0 aromatic heterocycles. The molecule has 0 fully saturated rings. The quantitative estimate of drug-likeness (QED) is 0.467. The van der Waals surface area contributed by atoms with Gasteiger partial charge in [0.05, 0.1) is 7.11 Å². The van der Waals surface area contributed by atoms with Crippen LogP contribution in [0.2, 0.25) is 0 Å². The largest absolute Gasteiger partial charge is 0.467 e. The highest BCUT2D eigenvalue weighted by Gasteiger charge is 2.05. The molecule has 0 aliphatic rings. The molecule has 4 N–H and O–H groups in total. The summed E-state index contributed by atoms with van der Waals surface area (Å²) in [6.07, 6.45) is -0.995. The molecular formula is C4H11NO3. The molecule has 0 amide bonds. The fourth-order valence-corrected chi connectivity index (χ4v) is 0.171. The molecule has 8 heavy (non-hydrogen) atoms. The van der Waals surface area contributed by atoms with E-state index in [1.54, 1.807) is 0 Å². The lowest BCUT2D eigenvalue weighted by Gasteiger charge is -1.97. The molecule has 0 heterocycles. The molecule has 0 aliphatic heterocycles. The fourth-order valence-electron chi connectivity index (χ4n) is 0.171. The van der Waals surface area contributed by atoms with E-state index in [0.717, 1.165) is 0 Å². The first kappa shape index (κ1) is 10.4. The van der Waals surface area contributed by atoms with Crippen LogP contribution in [0.3, 0.4) is 0 Å². The van der Waals surface area contributed by atoms with Crippen LogP contribution in [0.25, 0.3) is 0 Å². The summed E-state index contributed by atoms with van der Waals surface area (Å²) in [6, 6.07) is 0. The summed E-state index contributed by atoms with van der Waals surface area (Å²) in [4.78, 5) is 10.0. The van der Waals surface area contributed by atoms with Crippen molar-refractivity contribution in [3.8, 4) is 0 Å². The summed E-state index contributed by atoms with van der Waals surface area (Å²) in [6.45, 7) is 1.35. The summed E-state index contributed by atoms with van der Waals surface area (Å²) in [5.74, 6) is -0.597. The Hall–Kier alpha value is -0.610. The van der Waals surface area contributed by atoms with Gasteiger partial charge in [-0.25, -0.2) is 4.79 Å². The van der Waals surface area contributed by atoms with E-state index >= 15 is 0 Å². The van der Waals surface area contributed by atoms with E-state index in [9.17, 15) is 4.79 Å². The number of carbonyl (C=O) groups is 1. The van der Waals surface area contributed by atoms with Gasteiger partial charge in [0.2, 0.25) is 0 Å². The Bertz CT molecular complexity index is 71.7. The first-order chi connectivity index (χ1) is 3.18. The Balaban J connectivity index is 0. The van der Waals surface area contributed by atoms with Crippen molar-refractivity contribution in [1.82, 2.24) is 6.15 Å². The van der Waals surface area contributed by atoms with E-state index in [-0.39, 0.29) is 6.15 Å². The Morgan fingerprint density at radius 2 is 2.12 bits per heavy atom. The van der Waals surface area contributed by atoms with Gasteiger partial charge in [-0.1, -0.05) is 0 Å². The predicted octanol–water partition coefficient (Wildman–Crippen LogP) is -0.298. The number of rotatable bonds is 1. The maximum atomic E-state index is 10.0. The lowest BCUT2D eigenvalue weighted by molar-refractivity contribution is -0.149. The van der Waals surface area contributed by atoms with E-state index < -0.39 is 12.1 Å². The molecule has 0 saturated carbocycles.